The summed E-state index contributed by atoms with van der Waals surface area (Å²) in [4.78, 5) is 37.5. The van der Waals surface area contributed by atoms with Gasteiger partial charge in [-0.1, -0.05) is 20.8 Å². The maximum Gasteiger partial charge on any atom is 0.229 e. The Morgan fingerprint density at radius 3 is 2.55 bits per heavy atom. The summed E-state index contributed by atoms with van der Waals surface area (Å²) in [6.45, 7) is 5.43. The molecule has 0 bridgehead atoms. The molecule has 0 radical (unpaired) electrons. The molecule has 6 rings (SSSR count). The Balaban J connectivity index is 1.44. The van der Waals surface area contributed by atoms with Crippen LogP contribution in [0.25, 0.3) is 56.0 Å². The Kier molecular flexibility index (Phi) is 5.41. The van der Waals surface area contributed by atoms with E-state index >= 15 is 4.39 Å². The lowest BCUT2D eigenvalue weighted by atomic mass is 9.95. The van der Waals surface area contributed by atoms with E-state index in [9.17, 15) is 4.79 Å². The first kappa shape index (κ1) is 23.3. The summed E-state index contributed by atoms with van der Waals surface area (Å²) in [6, 6.07) is 7.16. The number of carbonyl (C=O) groups is 1. The summed E-state index contributed by atoms with van der Waals surface area (Å²) in [6.07, 6.45) is 9.50. The number of hydrogen-bond acceptors (Lipinski definition) is 7. The van der Waals surface area contributed by atoms with E-state index in [2.05, 4.69) is 40.4 Å². The number of anilines is 1. The molecule has 38 heavy (non-hydrogen) atoms. The quantitative estimate of drug-likeness (QED) is 0.300. The van der Waals surface area contributed by atoms with E-state index in [1.165, 1.54) is 18.6 Å². The zero-order valence-corrected chi connectivity index (χ0v) is 20.7. The van der Waals surface area contributed by atoms with Crippen molar-refractivity contribution in [2.75, 3.05) is 5.32 Å². The average Bonchev–Trinajstić information content (AvgIpc) is 3.54. The number of rotatable bonds is 4. The Morgan fingerprint density at radius 1 is 0.947 bits per heavy atom. The number of halogens is 1. The van der Waals surface area contributed by atoms with Crippen molar-refractivity contribution in [3.8, 4) is 33.9 Å². The monoisotopic (exact) mass is 507 g/mol. The molecule has 1 amide bonds. The first-order valence-corrected chi connectivity index (χ1v) is 11.8. The highest BCUT2D eigenvalue weighted by Crippen LogP contribution is 2.34. The Bertz CT molecular complexity index is 1820. The lowest BCUT2D eigenvalue weighted by molar-refractivity contribution is -0.123. The summed E-state index contributed by atoms with van der Waals surface area (Å²) in [5, 5.41) is 10.1. The first-order valence-electron chi connectivity index (χ1n) is 11.8. The number of aromatic amines is 2. The van der Waals surface area contributed by atoms with E-state index in [1.807, 2.05) is 32.9 Å². The minimum atomic E-state index is -0.590. The minimum Gasteiger partial charge on any atom is -0.336 e. The lowest BCUT2D eigenvalue weighted by Gasteiger charge is -2.17. The van der Waals surface area contributed by atoms with Gasteiger partial charge in [-0.2, -0.15) is 5.10 Å². The van der Waals surface area contributed by atoms with Crippen molar-refractivity contribution in [2.24, 2.45) is 5.41 Å². The highest BCUT2D eigenvalue weighted by atomic mass is 19.1. The molecule has 6 aromatic rings. The van der Waals surface area contributed by atoms with Gasteiger partial charge in [0.1, 0.15) is 17.0 Å². The van der Waals surface area contributed by atoms with E-state index in [0.717, 1.165) is 11.1 Å². The van der Waals surface area contributed by atoms with Crippen LogP contribution in [0.2, 0.25) is 0 Å². The van der Waals surface area contributed by atoms with Gasteiger partial charge >= 0.3 is 0 Å². The van der Waals surface area contributed by atoms with E-state index in [4.69, 9.17) is 4.98 Å². The number of nitrogens with one attached hydrogen (secondary N) is 3. The van der Waals surface area contributed by atoms with Crippen LogP contribution in [0.3, 0.4) is 0 Å². The zero-order valence-electron chi connectivity index (χ0n) is 20.7. The number of aromatic nitrogens is 8. The topological polar surface area (TPSA) is 138 Å². The zero-order chi connectivity index (χ0) is 26.4. The minimum absolute atomic E-state index is 0.173. The largest absolute Gasteiger partial charge is 0.336 e. The second kappa shape index (κ2) is 8.80. The number of hydrogen-bond donors (Lipinski definition) is 3. The third kappa shape index (κ3) is 4.03. The van der Waals surface area contributed by atoms with Gasteiger partial charge in [-0.15, -0.1) is 0 Å². The number of carbonyl (C=O) groups excluding carboxylic acids is 1. The molecule has 0 aliphatic rings. The molecule has 6 aromatic heterocycles. The fraction of sp³-hybridized carbons (Fsp3) is 0.148. The Labute approximate surface area is 215 Å². The second-order valence-electron chi connectivity index (χ2n) is 9.83. The molecule has 0 aromatic carbocycles. The maximum absolute atomic E-state index is 16.0. The van der Waals surface area contributed by atoms with Gasteiger partial charge in [0.05, 0.1) is 28.5 Å². The fourth-order valence-electron chi connectivity index (χ4n) is 4.07. The summed E-state index contributed by atoms with van der Waals surface area (Å²) in [7, 11) is 0. The third-order valence-corrected chi connectivity index (χ3v) is 6.09. The summed E-state index contributed by atoms with van der Waals surface area (Å²) in [5.74, 6) is -0.336. The predicted octanol–water partition coefficient (Wildman–Crippen LogP) is 5.14. The SMILES string of the molecule is CC(C)(C)C(=O)Nc1cncc(-c2cnc3[nH]nc(-c4nc5c(-c6ccncc6)nccc5[nH]4)c3c2F)c1. The predicted molar refractivity (Wildman–Crippen MR) is 141 cm³/mol. The van der Waals surface area contributed by atoms with Gasteiger partial charge in [0.15, 0.2) is 11.5 Å². The molecule has 0 atom stereocenters. The highest BCUT2D eigenvalue weighted by Gasteiger charge is 2.23. The van der Waals surface area contributed by atoms with E-state index in [-0.39, 0.29) is 28.2 Å². The molecule has 0 unspecified atom stereocenters. The van der Waals surface area contributed by atoms with E-state index in [0.29, 0.717) is 28.3 Å². The van der Waals surface area contributed by atoms with Gasteiger partial charge in [0.25, 0.3) is 0 Å². The van der Waals surface area contributed by atoms with E-state index < -0.39 is 11.2 Å². The lowest BCUT2D eigenvalue weighted by Crippen LogP contribution is -2.27. The molecular formula is C27H22FN9O. The number of nitrogens with zero attached hydrogens (tertiary/aromatic N) is 6. The van der Waals surface area contributed by atoms with Crippen LogP contribution >= 0.6 is 0 Å². The number of pyridine rings is 4. The second-order valence-corrected chi connectivity index (χ2v) is 9.83. The van der Waals surface area contributed by atoms with Crippen molar-refractivity contribution in [2.45, 2.75) is 20.8 Å². The van der Waals surface area contributed by atoms with Crippen LogP contribution in [-0.4, -0.2) is 46.0 Å². The normalized spacial score (nSPS) is 11.8. The van der Waals surface area contributed by atoms with Crippen molar-refractivity contribution in [1.29, 1.82) is 0 Å². The van der Waals surface area contributed by atoms with Crippen molar-refractivity contribution < 1.29 is 9.18 Å². The smallest absolute Gasteiger partial charge is 0.229 e. The molecular weight excluding hydrogens is 485 g/mol. The summed E-state index contributed by atoms with van der Waals surface area (Å²) >= 11 is 0. The summed E-state index contributed by atoms with van der Waals surface area (Å²) < 4.78 is 16.0. The van der Waals surface area contributed by atoms with Crippen LogP contribution in [0.15, 0.2) is 61.4 Å². The summed E-state index contributed by atoms with van der Waals surface area (Å²) in [5.41, 5.74) is 4.00. The van der Waals surface area contributed by atoms with Gasteiger partial charge in [-0.25, -0.2) is 14.4 Å². The van der Waals surface area contributed by atoms with Crippen LogP contribution < -0.4 is 5.32 Å². The van der Waals surface area contributed by atoms with Crippen molar-refractivity contribution in [3.63, 3.8) is 0 Å². The maximum atomic E-state index is 16.0. The molecule has 10 nitrogen and oxygen atoms in total. The molecule has 0 spiro atoms. The molecule has 6 heterocycles. The standard InChI is InChI=1S/C27H22FN9O/c1-27(2,3)26(38)33-16-10-15(11-30-12-16)17-13-32-24-19(20(17)28)23(36-37-24)25-34-18-6-9-31-21(22(18)35-25)14-4-7-29-8-5-14/h4-13H,1-3H3,(H,33,38)(H,34,35)(H,32,36,37). The van der Waals surface area contributed by atoms with Crippen LogP contribution in [-0.2, 0) is 4.79 Å². The van der Waals surface area contributed by atoms with Crippen molar-refractivity contribution >= 4 is 33.7 Å². The first-order chi connectivity index (χ1) is 18.3. The van der Waals surface area contributed by atoms with Gasteiger partial charge in [0, 0.05) is 53.1 Å². The molecule has 0 saturated carbocycles. The van der Waals surface area contributed by atoms with Gasteiger partial charge in [-0.3, -0.25) is 24.8 Å². The van der Waals surface area contributed by atoms with Crippen LogP contribution in [0.1, 0.15) is 20.8 Å². The van der Waals surface area contributed by atoms with Crippen LogP contribution in [0.4, 0.5) is 10.1 Å². The Morgan fingerprint density at radius 2 is 1.76 bits per heavy atom. The third-order valence-electron chi connectivity index (χ3n) is 6.09. The Hall–Kier alpha value is -5.06. The molecule has 0 saturated heterocycles. The van der Waals surface area contributed by atoms with Crippen LogP contribution in [0.5, 0.6) is 0 Å². The molecule has 0 fully saturated rings. The van der Waals surface area contributed by atoms with Crippen molar-refractivity contribution in [1.82, 2.24) is 40.1 Å². The number of amides is 1. The van der Waals surface area contributed by atoms with Crippen LogP contribution in [0, 0.1) is 11.2 Å². The van der Waals surface area contributed by atoms with Gasteiger partial charge in [0.2, 0.25) is 5.91 Å². The van der Waals surface area contributed by atoms with Gasteiger partial charge < -0.3 is 10.3 Å². The molecule has 0 aliphatic carbocycles. The average molecular weight is 508 g/mol. The number of H-pyrrole nitrogens is 2. The van der Waals surface area contributed by atoms with E-state index in [1.54, 1.807) is 30.7 Å². The number of fused-ring (bicyclic) bond motifs is 2. The highest BCUT2D eigenvalue weighted by molar-refractivity contribution is 5.97. The number of imidazole rings is 1. The molecule has 0 aliphatic heterocycles. The fourth-order valence-corrected chi connectivity index (χ4v) is 4.07. The molecule has 188 valence electrons. The molecule has 11 heteroatoms. The van der Waals surface area contributed by atoms with Crippen molar-refractivity contribution in [3.05, 3.63) is 67.3 Å². The van der Waals surface area contributed by atoms with Gasteiger partial charge in [-0.05, 0) is 24.3 Å². The molecule has 3 N–H and O–H groups in total.